The first-order valence-corrected chi connectivity index (χ1v) is 8.49. The highest BCUT2D eigenvalue weighted by Crippen LogP contribution is 2.24. The van der Waals surface area contributed by atoms with E-state index in [4.69, 9.17) is 14.3 Å². The smallest absolute Gasteiger partial charge is 0.262 e. The van der Waals surface area contributed by atoms with Gasteiger partial charge in [-0.3, -0.25) is 4.79 Å². The molecule has 1 amide bonds. The third kappa shape index (κ3) is 4.52. The number of aryl methyl sites for hydroxylation is 1. The molecule has 1 aromatic heterocycles. The summed E-state index contributed by atoms with van der Waals surface area (Å²) in [5, 5.41) is 11.8. The van der Waals surface area contributed by atoms with Crippen LogP contribution in [-0.4, -0.2) is 17.6 Å². The second kappa shape index (κ2) is 8.36. The summed E-state index contributed by atoms with van der Waals surface area (Å²) in [6, 6.07) is 18.5. The van der Waals surface area contributed by atoms with Gasteiger partial charge in [0.05, 0.1) is 0 Å². The van der Waals surface area contributed by atoms with Crippen LogP contribution in [-0.2, 0) is 17.8 Å². The number of hydrogen-bond acceptors (Lipinski definition) is 4. The van der Waals surface area contributed by atoms with E-state index in [1.807, 2.05) is 36.4 Å². The molecular formula is C21H21NO4. The van der Waals surface area contributed by atoms with Gasteiger partial charge >= 0.3 is 0 Å². The molecule has 0 bridgehead atoms. The number of nitrogens with one attached hydrogen (secondary N) is 1. The molecule has 0 saturated carbocycles. The highest BCUT2D eigenvalue weighted by atomic mass is 16.5. The molecule has 5 heteroatoms. The number of hydrogen-bond donors (Lipinski definition) is 2. The number of carbonyl (C=O) groups excluding carboxylic acids is 1. The fourth-order valence-electron chi connectivity index (χ4n) is 2.50. The van der Waals surface area contributed by atoms with Gasteiger partial charge in [-0.25, -0.2) is 0 Å². The zero-order valence-corrected chi connectivity index (χ0v) is 14.6. The van der Waals surface area contributed by atoms with Crippen molar-refractivity contribution < 1.29 is 19.1 Å². The third-order valence-corrected chi connectivity index (χ3v) is 3.97. The Bertz CT molecular complexity index is 850. The van der Waals surface area contributed by atoms with Crippen LogP contribution in [0, 0.1) is 0 Å². The molecule has 0 radical (unpaired) electrons. The van der Waals surface area contributed by atoms with Gasteiger partial charge in [0.25, 0.3) is 5.91 Å². The summed E-state index contributed by atoms with van der Waals surface area (Å²) in [6.07, 6.45) is 0.968. The van der Waals surface area contributed by atoms with Crippen molar-refractivity contribution in [3.8, 4) is 17.1 Å². The number of aliphatic hydroxyl groups is 1. The molecule has 0 aliphatic rings. The van der Waals surface area contributed by atoms with Crippen molar-refractivity contribution in [2.24, 2.45) is 0 Å². The first-order chi connectivity index (χ1) is 12.7. The second-order valence-electron chi connectivity index (χ2n) is 5.84. The minimum atomic E-state index is -0.224. The maximum Gasteiger partial charge on any atom is 0.262 e. The predicted octanol–water partition coefficient (Wildman–Crippen LogP) is 4.02. The monoisotopic (exact) mass is 351 g/mol. The Kier molecular flexibility index (Phi) is 5.71. The first kappa shape index (κ1) is 17.8. The van der Waals surface area contributed by atoms with Crippen molar-refractivity contribution in [1.29, 1.82) is 0 Å². The number of aliphatic hydroxyl groups excluding tert-OH is 1. The van der Waals surface area contributed by atoms with E-state index < -0.39 is 0 Å². The highest BCUT2D eigenvalue weighted by molar-refractivity contribution is 5.92. The first-order valence-electron chi connectivity index (χ1n) is 8.49. The molecule has 2 aromatic carbocycles. The zero-order valence-electron chi connectivity index (χ0n) is 14.6. The van der Waals surface area contributed by atoms with E-state index in [-0.39, 0.29) is 19.1 Å². The van der Waals surface area contributed by atoms with Gasteiger partial charge in [-0.2, -0.15) is 0 Å². The van der Waals surface area contributed by atoms with Gasteiger partial charge in [0.15, 0.2) is 6.61 Å². The van der Waals surface area contributed by atoms with Crippen LogP contribution in [0.15, 0.2) is 65.1 Å². The number of amides is 1. The van der Waals surface area contributed by atoms with Gasteiger partial charge in [-0.1, -0.05) is 19.1 Å². The Morgan fingerprint density at radius 1 is 1.04 bits per heavy atom. The number of carbonyl (C=O) groups is 1. The molecule has 3 rings (SSSR count). The highest BCUT2D eigenvalue weighted by Gasteiger charge is 2.07. The van der Waals surface area contributed by atoms with E-state index in [0.717, 1.165) is 12.0 Å². The van der Waals surface area contributed by atoms with Gasteiger partial charge in [0, 0.05) is 11.3 Å². The lowest BCUT2D eigenvalue weighted by Gasteiger charge is -2.08. The summed E-state index contributed by atoms with van der Waals surface area (Å²) >= 11 is 0. The van der Waals surface area contributed by atoms with Crippen LogP contribution in [0.2, 0.25) is 0 Å². The number of ether oxygens (including phenoxy) is 1. The van der Waals surface area contributed by atoms with E-state index in [0.29, 0.717) is 23.0 Å². The third-order valence-electron chi connectivity index (χ3n) is 3.97. The molecule has 0 aliphatic carbocycles. The van der Waals surface area contributed by atoms with Gasteiger partial charge in [-0.05, 0) is 60.5 Å². The predicted molar refractivity (Wildman–Crippen MR) is 100 cm³/mol. The van der Waals surface area contributed by atoms with E-state index >= 15 is 0 Å². The van der Waals surface area contributed by atoms with Crippen molar-refractivity contribution in [3.63, 3.8) is 0 Å². The lowest BCUT2D eigenvalue weighted by molar-refractivity contribution is -0.118. The van der Waals surface area contributed by atoms with Crippen LogP contribution in [0.25, 0.3) is 11.3 Å². The van der Waals surface area contributed by atoms with E-state index in [1.165, 1.54) is 5.56 Å². The van der Waals surface area contributed by atoms with Crippen LogP contribution >= 0.6 is 0 Å². The maximum atomic E-state index is 12.0. The molecule has 2 N–H and O–H groups in total. The molecule has 0 spiro atoms. The minimum Gasteiger partial charge on any atom is -0.484 e. The Morgan fingerprint density at radius 2 is 1.77 bits per heavy atom. The summed E-state index contributed by atoms with van der Waals surface area (Å²) in [7, 11) is 0. The standard InChI is InChI=1S/C21H21NO4/c1-2-15-3-9-18(10-4-15)25-14-21(24)22-17-7-5-16(6-8-17)20-12-11-19(13-23)26-20/h3-12,23H,2,13-14H2,1H3,(H,22,24). The number of furan rings is 1. The van der Waals surface area contributed by atoms with Crippen molar-refractivity contribution in [3.05, 3.63) is 72.0 Å². The molecule has 0 atom stereocenters. The topological polar surface area (TPSA) is 71.7 Å². The summed E-state index contributed by atoms with van der Waals surface area (Å²) in [5.41, 5.74) is 2.78. The Labute approximate surface area is 152 Å². The summed E-state index contributed by atoms with van der Waals surface area (Å²) in [4.78, 5) is 12.0. The quantitative estimate of drug-likeness (QED) is 0.674. The number of benzene rings is 2. The average Bonchev–Trinajstić information content (AvgIpc) is 3.16. The molecular weight excluding hydrogens is 330 g/mol. The molecule has 3 aromatic rings. The van der Waals surface area contributed by atoms with Crippen molar-refractivity contribution in [2.75, 3.05) is 11.9 Å². The van der Waals surface area contributed by atoms with Crippen LogP contribution in [0.3, 0.4) is 0 Å². The normalized spacial score (nSPS) is 10.5. The van der Waals surface area contributed by atoms with Crippen LogP contribution in [0.4, 0.5) is 5.69 Å². The van der Waals surface area contributed by atoms with Crippen molar-refractivity contribution in [2.45, 2.75) is 20.0 Å². The zero-order chi connectivity index (χ0) is 18.4. The Morgan fingerprint density at radius 3 is 2.38 bits per heavy atom. The van der Waals surface area contributed by atoms with Crippen LogP contribution < -0.4 is 10.1 Å². The van der Waals surface area contributed by atoms with Crippen LogP contribution in [0.5, 0.6) is 5.75 Å². The minimum absolute atomic E-state index is 0.0503. The molecule has 0 aliphatic heterocycles. The van der Waals surface area contributed by atoms with E-state index in [2.05, 4.69) is 12.2 Å². The average molecular weight is 351 g/mol. The molecule has 5 nitrogen and oxygen atoms in total. The van der Waals surface area contributed by atoms with E-state index in [9.17, 15) is 4.79 Å². The Hall–Kier alpha value is -3.05. The number of rotatable bonds is 7. The van der Waals surface area contributed by atoms with Gasteiger partial charge in [-0.15, -0.1) is 0 Å². The second-order valence-corrected chi connectivity index (χ2v) is 5.84. The molecule has 1 heterocycles. The molecule has 0 unspecified atom stereocenters. The largest absolute Gasteiger partial charge is 0.484 e. The maximum absolute atomic E-state index is 12.0. The van der Waals surface area contributed by atoms with Gasteiger partial charge < -0.3 is 19.6 Å². The lowest BCUT2D eigenvalue weighted by atomic mass is 10.1. The van der Waals surface area contributed by atoms with Crippen molar-refractivity contribution in [1.82, 2.24) is 0 Å². The van der Waals surface area contributed by atoms with Crippen LogP contribution in [0.1, 0.15) is 18.2 Å². The van der Waals surface area contributed by atoms with Crippen molar-refractivity contribution >= 4 is 11.6 Å². The summed E-state index contributed by atoms with van der Waals surface area (Å²) in [5.74, 6) is 1.63. The molecule has 0 saturated heterocycles. The Balaban J connectivity index is 1.53. The van der Waals surface area contributed by atoms with E-state index in [1.54, 1.807) is 24.3 Å². The lowest BCUT2D eigenvalue weighted by Crippen LogP contribution is -2.20. The summed E-state index contributed by atoms with van der Waals surface area (Å²) < 4.78 is 11.0. The molecule has 134 valence electrons. The fourth-order valence-corrected chi connectivity index (χ4v) is 2.50. The SMILES string of the molecule is CCc1ccc(OCC(=O)Nc2ccc(-c3ccc(CO)o3)cc2)cc1. The fraction of sp³-hybridized carbons (Fsp3) is 0.190. The number of anilines is 1. The van der Waals surface area contributed by atoms with Gasteiger partial charge in [0.2, 0.25) is 0 Å². The summed E-state index contributed by atoms with van der Waals surface area (Å²) in [6.45, 7) is 1.91. The molecule has 0 fully saturated rings. The molecule has 26 heavy (non-hydrogen) atoms. The van der Waals surface area contributed by atoms with Gasteiger partial charge in [0.1, 0.15) is 23.9 Å².